The van der Waals surface area contributed by atoms with Gasteiger partial charge in [0.2, 0.25) is 0 Å². The number of carboxylic acid groups (broad SMARTS) is 1. The number of hydrogen-bond donors (Lipinski definition) is 1. The highest BCUT2D eigenvalue weighted by Crippen LogP contribution is 2.35. The number of thiophene rings is 1. The zero-order valence-corrected chi connectivity index (χ0v) is 12.5. The van der Waals surface area contributed by atoms with Crippen molar-refractivity contribution in [3.63, 3.8) is 0 Å². The van der Waals surface area contributed by atoms with Gasteiger partial charge in [-0.1, -0.05) is 6.07 Å². The van der Waals surface area contributed by atoms with Gasteiger partial charge in [-0.15, -0.1) is 11.3 Å². The molecule has 0 fully saturated rings. The highest BCUT2D eigenvalue weighted by Gasteiger charge is 2.18. The van der Waals surface area contributed by atoms with Crippen LogP contribution in [0.5, 0.6) is 0 Å². The minimum absolute atomic E-state index is 0.374. The molecule has 0 radical (unpaired) electrons. The van der Waals surface area contributed by atoms with E-state index in [0.29, 0.717) is 17.0 Å². The molecule has 0 spiro atoms. The zero-order valence-electron chi connectivity index (χ0n) is 11.7. The average Bonchev–Trinajstić information content (AvgIpc) is 2.72. The maximum atomic E-state index is 11.1. The Morgan fingerprint density at radius 3 is 2.37 bits per heavy atom. The van der Waals surface area contributed by atoms with E-state index in [1.54, 1.807) is 6.07 Å². The van der Waals surface area contributed by atoms with Crippen molar-refractivity contribution in [3.05, 3.63) is 29.1 Å². The van der Waals surface area contributed by atoms with Crippen molar-refractivity contribution in [2.75, 3.05) is 4.90 Å². The van der Waals surface area contributed by atoms with Crippen molar-refractivity contribution in [1.82, 2.24) is 0 Å². The van der Waals surface area contributed by atoms with Crippen LogP contribution in [0.4, 0.5) is 5.69 Å². The summed E-state index contributed by atoms with van der Waals surface area (Å²) in [6.07, 6.45) is 0. The van der Waals surface area contributed by atoms with E-state index in [0.717, 1.165) is 15.8 Å². The van der Waals surface area contributed by atoms with Gasteiger partial charge in [-0.3, -0.25) is 0 Å². The molecule has 2 aromatic rings. The number of carbonyl (C=O) groups is 1. The van der Waals surface area contributed by atoms with E-state index < -0.39 is 5.97 Å². The van der Waals surface area contributed by atoms with Gasteiger partial charge in [0.15, 0.2) is 0 Å². The molecule has 1 N–H and O–H groups in total. The van der Waals surface area contributed by atoms with Gasteiger partial charge >= 0.3 is 5.97 Å². The maximum absolute atomic E-state index is 11.1. The number of nitrogens with zero attached hydrogens (tertiary/aromatic N) is 1. The van der Waals surface area contributed by atoms with Crippen molar-refractivity contribution in [2.45, 2.75) is 39.8 Å². The number of fused-ring (bicyclic) bond motifs is 1. The van der Waals surface area contributed by atoms with Gasteiger partial charge < -0.3 is 10.0 Å². The fourth-order valence-electron chi connectivity index (χ4n) is 2.53. The van der Waals surface area contributed by atoms with Crippen LogP contribution in [0.1, 0.15) is 37.4 Å². The Morgan fingerprint density at radius 2 is 1.84 bits per heavy atom. The largest absolute Gasteiger partial charge is 0.477 e. The molecule has 0 atom stereocenters. The highest BCUT2D eigenvalue weighted by atomic mass is 32.1. The molecule has 0 unspecified atom stereocenters. The van der Waals surface area contributed by atoms with Crippen LogP contribution in [0.25, 0.3) is 10.1 Å². The summed E-state index contributed by atoms with van der Waals surface area (Å²) in [5.41, 5.74) is 1.12. The number of benzene rings is 1. The fraction of sp³-hybridized carbons (Fsp3) is 0.400. The summed E-state index contributed by atoms with van der Waals surface area (Å²) in [5.74, 6) is -0.854. The van der Waals surface area contributed by atoms with Gasteiger partial charge in [-0.2, -0.15) is 0 Å². The van der Waals surface area contributed by atoms with Crippen molar-refractivity contribution in [1.29, 1.82) is 0 Å². The molecule has 4 heteroatoms. The van der Waals surface area contributed by atoms with E-state index >= 15 is 0 Å². The van der Waals surface area contributed by atoms with Gasteiger partial charge in [-0.05, 0) is 45.9 Å². The van der Waals surface area contributed by atoms with Crippen LogP contribution in [0.2, 0.25) is 0 Å². The van der Waals surface area contributed by atoms with E-state index in [9.17, 15) is 4.79 Å². The molecule has 0 saturated heterocycles. The first kappa shape index (κ1) is 13.9. The van der Waals surface area contributed by atoms with Crippen molar-refractivity contribution in [2.24, 2.45) is 0 Å². The molecular weight excluding hydrogens is 258 g/mol. The summed E-state index contributed by atoms with van der Waals surface area (Å²) >= 11 is 1.33. The van der Waals surface area contributed by atoms with E-state index in [4.69, 9.17) is 5.11 Å². The number of anilines is 1. The SMILES string of the molecule is CC(C)N(c1cccc2sc(C(=O)O)cc12)C(C)C. The van der Waals surface area contributed by atoms with Crippen molar-refractivity contribution >= 4 is 33.1 Å². The van der Waals surface area contributed by atoms with E-state index in [-0.39, 0.29) is 0 Å². The van der Waals surface area contributed by atoms with Gasteiger partial charge in [0, 0.05) is 27.9 Å². The summed E-state index contributed by atoms with van der Waals surface area (Å²) in [5, 5.41) is 10.2. The molecule has 0 amide bonds. The Bertz CT molecular complexity index is 593. The standard InChI is InChI=1S/C15H19NO2S/c1-9(2)16(10(3)4)12-6-5-7-13-11(12)8-14(19-13)15(17)18/h5-10H,1-4H3,(H,17,18). The minimum atomic E-state index is -0.854. The molecule has 0 bridgehead atoms. The lowest BCUT2D eigenvalue weighted by molar-refractivity contribution is 0.0702. The van der Waals surface area contributed by atoms with E-state index in [1.807, 2.05) is 12.1 Å². The van der Waals surface area contributed by atoms with Crippen LogP contribution in [0.15, 0.2) is 24.3 Å². The van der Waals surface area contributed by atoms with Gasteiger partial charge in [0.05, 0.1) is 0 Å². The molecule has 0 aliphatic heterocycles. The van der Waals surface area contributed by atoms with Crippen LogP contribution in [-0.4, -0.2) is 23.2 Å². The average molecular weight is 277 g/mol. The predicted octanol–water partition coefficient (Wildman–Crippen LogP) is 4.22. The Hall–Kier alpha value is -1.55. The molecule has 0 saturated carbocycles. The second kappa shape index (κ2) is 5.21. The lowest BCUT2D eigenvalue weighted by Crippen LogP contribution is -2.37. The Kier molecular flexibility index (Phi) is 3.80. The summed E-state index contributed by atoms with van der Waals surface area (Å²) in [4.78, 5) is 13.8. The van der Waals surface area contributed by atoms with Crippen molar-refractivity contribution in [3.8, 4) is 0 Å². The molecule has 0 aliphatic carbocycles. The molecule has 1 aromatic heterocycles. The first-order chi connectivity index (χ1) is 8.91. The zero-order chi connectivity index (χ0) is 14.2. The smallest absolute Gasteiger partial charge is 0.345 e. The topological polar surface area (TPSA) is 40.5 Å². The van der Waals surface area contributed by atoms with Crippen LogP contribution in [0.3, 0.4) is 0 Å². The van der Waals surface area contributed by atoms with Gasteiger partial charge in [0.25, 0.3) is 0 Å². The van der Waals surface area contributed by atoms with E-state index in [2.05, 4.69) is 38.7 Å². The summed E-state index contributed by atoms with van der Waals surface area (Å²) in [7, 11) is 0. The molecular formula is C15H19NO2S. The quantitative estimate of drug-likeness (QED) is 0.909. The first-order valence-electron chi connectivity index (χ1n) is 6.46. The third-order valence-electron chi connectivity index (χ3n) is 3.14. The van der Waals surface area contributed by atoms with Crippen LogP contribution >= 0.6 is 11.3 Å². The molecule has 3 nitrogen and oxygen atoms in total. The minimum Gasteiger partial charge on any atom is -0.477 e. The van der Waals surface area contributed by atoms with E-state index in [1.165, 1.54) is 11.3 Å². The monoisotopic (exact) mass is 277 g/mol. The van der Waals surface area contributed by atoms with Crippen LogP contribution in [-0.2, 0) is 0 Å². The number of carboxylic acids is 1. The molecule has 1 heterocycles. The second-order valence-electron chi connectivity index (χ2n) is 5.20. The lowest BCUT2D eigenvalue weighted by atomic mass is 10.1. The number of hydrogen-bond acceptors (Lipinski definition) is 3. The summed E-state index contributed by atoms with van der Waals surface area (Å²) in [6.45, 7) is 8.62. The van der Waals surface area contributed by atoms with Gasteiger partial charge in [0.1, 0.15) is 4.88 Å². The molecule has 0 aliphatic rings. The third-order valence-corrected chi connectivity index (χ3v) is 4.23. The number of aromatic carboxylic acids is 1. The highest BCUT2D eigenvalue weighted by molar-refractivity contribution is 7.20. The predicted molar refractivity (Wildman–Crippen MR) is 81.5 cm³/mol. The molecule has 19 heavy (non-hydrogen) atoms. The van der Waals surface area contributed by atoms with Crippen molar-refractivity contribution < 1.29 is 9.90 Å². The Balaban J connectivity index is 2.62. The fourth-order valence-corrected chi connectivity index (χ4v) is 3.45. The molecule has 102 valence electrons. The lowest BCUT2D eigenvalue weighted by Gasteiger charge is -2.33. The number of rotatable bonds is 4. The van der Waals surface area contributed by atoms with Crippen LogP contribution in [0, 0.1) is 0 Å². The normalized spacial score (nSPS) is 11.5. The van der Waals surface area contributed by atoms with Gasteiger partial charge in [-0.25, -0.2) is 4.79 Å². The summed E-state index contributed by atoms with van der Waals surface area (Å²) in [6, 6.07) is 8.58. The summed E-state index contributed by atoms with van der Waals surface area (Å²) < 4.78 is 1.03. The first-order valence-corrected chi connectivity index (χ1v) is 7.27. The Labute approximate surface area is 117 Å². The molecule has 2 rings (SSSR count). The van der Waals surface area contributed by atoms with Crippen LogP contribution < -0.4 is 4.90 Å². The second-order valence-corrected chi connectivity index (χ2v) is 6.28. The maximum Gasteiger partial charge on any atom is 0.345 e. The molecule has 1 aromatic carbocycles. The Morgan fingerprint density at radius 1 is 1.21 bits per heavy atom. The third kappa shape index (κ3) is 2.59.